The molecule has 0 bridgehead atoms. The van der Waals surface area contributed by atoms with Crippen LogP contribution in [0.4, 0.5) is 34.1 Å². The van der Waals surface area contributed by atoms with Gasteiger partial charge in [-0.25, -0.2) is 0 Å². The third-order valence-corrected chi connectivity index (χ3v) is 18.7. The summed E-state index contributed by atoms with van der Waals surface area (Å²) in [5.74, 6) is 0. The molecule has 0 aromatic heterocycles. The zero-order valence-electron chi connectivity index (χ0n) is 48.6. The van der Waals surface area contributed by atoms with Gasteiger partial charge in [0, 0.05) is 33.5 Å². The van der Waals surface area contributed by atoms with Crippen molar-refractivity contribution in [3.63, 3.8) is 0 Å². The van der Waals surface area contributed by atoms with Crippen LogP contribution >= 0.6 is 0 Å². The standard InChI is InChI=1S/C86H60N2/c1-3-59-37-45-67(46-38-59)85(65-25-7-5-8-26-65)79-33-17-15-31-75(79)77-55-53-71(57-81(77)85)87(83-35-19-23-63-21-11-13-29-73(63)83)69-49-41-61(42-50-69)62-43-51-70(52-44-62)88(84-36-20-24-64-22-12-14-30-74(64)84)72-54-56-78-76-32-16-18-34-80(76)86(82(78)58-72,66-27-9-6-10-28-66)68-47-39-60(4-2)40-48-68/h3-58H,1-2H2. The first-order valence-corrected chi connectivity index (χ1v) is 30.4. The zero-order chi connectivity index (χ0) is 58.8. The Bertz CT molecular complexity index is 4660. The Labute approximate surface area is 515 Å². The average molecular weight is 1120 g/mol. The molecule has 0 N–H and O–H groups in total. The quantitative estimate of drug-likeness (QED) is 0.114. The fourth-order valence-electron chi connectivity index (χ4n) is 14.8. The highest BCUT2D eigenvalue weighted by Gasteiger charge is 2.48. The van der Waals surface area contributed by atoms with Crippen LogP contribution in [-0.2, 0) is 10.8 Å². The Balaban J connectivity index is 0.823. The molecule has 2 atom stereocenters. The molecule has 414 valence electrons. The minimum Gasteiger partial charge on any atom is -0.310 e. The van der Waals surface area contributed by atoms with Gasteiger partial charge in [-0.05, 0) is 160 Å². The first-order valence-electron chi connectivity index (χ1n) is 30.4. The van der Waals surface area contributed by atoms with Gasteiger partial charge in [-0.3, -0.25) is 0 Å². The maximum atomic E-state index is 4.10. The van der Waals surface area contributed by atoms with Crippen LogP contribution in [0.2, 0.25) is 0 Å². The lowest BCUT2D eigenvalue weighted by Crippen LogP contribution is -2.28. The lowest BCUT2D eigenvalue weighted by atomic mass is 9.67. The van der Waals surface area contributed by atoms with Crippen LogP contribution in [0.3, 0.4) is 0 Å². The highest BCUT2D eigenvalue weighted by molar-refractivity contribution is 6.02. The Morgan fingerprint density at radius 3 is 0.989 bits per heavy atom. The summed E-state index contributed by atoms with van der Waals surface area (Å²) in [7, 11) is 0. The van der Waals surface area contributed by atoms with Crippen molar-refractivity contribution in [3.05, 3.63) is 396 Å². The first kappa shape index (κ1) is 52.3. The van der Waals surface area contributed by atoms with E-state index in [0.717, 1.165) is 56.4 Å². The SMILES string of the molecule is C=Cc1ccc(C2(c3ccccc3)c3ccccc3-c3ccc(N(c4ccc(-c5ccc(N(c6ccc7c(c6)C(c6ccccc6)(c6ccc(C=C)cc6)c6ccccc6-7)c6cccc7ccccc67)cc5)cc4)c4cccc5ccccc45)cc32)cc1. The molecule has 2 aliphatic carbocycles. The van der Waals surface area contributed by atoms with Gasteiger partial charge in [-0.2, -0.15) is 0 Å². The van der Waals surface area contributed by atoms with Crippen molar-refractivity contribution in [2.45, 2.75) is 10.8 Å². The summed E-state index contributed by atoms with van der Waals surface area (Å²) in [5.41, 5.74) is 24.7. The van der Waals surface area contributed by atoms with Crippen LogP contribution < -0.4 is 9.80 Å². The second-order valence-electron chi connectivity index (χ2n) is 23.2. The van der Waals surface area contributed by atoms with Crippen molar-refractivity contribution in [3.8, 4) is 33.4 Å². The number of fused-ring (bicyclic) bond motifs is 8. The molecule has 16 rings (SSSR count). The van der Waals surface area contributed by atoms with Crippen molar-refractivity contribution in [2.24, 2.45) is 0 Å². The van der Waals surface area contributed by atoms with E-state index in [1.807, 2.05) is 12.2 Å². The van der Waals surface area contributed by atoms with E-state index in [4.69, 9.17) is 0 Å². The fraction of sp³-hybridized carbons (Fsp3) is 0.0233. The summed E-state index contributed by atoms with van der Waals surface area (Å²) in [5, 5.41) is 4.74. The number of hydrogen-bond donors (Lipinski definition) is 0. The second kappa shape index (κ2) is 21.3. The molecule has 0 saturated carbocycles. The van der Waals surface area contributed by atoms with Gasteiger partial charge in [0.15, 0.2) is 0 Å². The molecule has 2 nitrogen and oxygen atoms in total. The van der Waals surface area contributed by atoms with Gasteiger partial charge in [0.2, 0.25) is 0 Å². The van der Waals surface area contributed by atoms with Crippen molar-refractivity contribution in [2.75, 3.05) is 9.80 Å². The van der Waals surface area contributed by atoms with Crippen molar-refractivity contribution in [1.29, 1.82) is 0 Å². The first-order chi connectivity index (χ1) is 43.5. The fourth-order valence-corrected chi connectivity index (χ4v) is 14.8. The Hall–Kier alpha value is -11.3. The van der Waals surface area contributed by atoms with Gasteiger partial charge in [0.25, 0.3) is 0 Å². The molecule has 2 heteroatoms. The minimum atomic E-state index is -0.579. The summed E-state index contributed by atoms with van der Waals surface area (Å²) in [6, 6.07) is 121. The number of benzene rings is 14. The van der Waals surface area contributed by atoms with E-state index in [1.165, 1.54) is 88.3 Å². The minimum absolute atomic E-state index is 0.579. The van der Waals surface area contributed by atoms with Gasteiger partial charge in [-0.15, -0.1) is 0 Å². The summed E-state index contributed by atoms with van der Waals surface area (Å²) in [6.45, 7) is 8.21. The van der Waals surface area contributed by atoms with E-state index >= 15 is 0 Å². The lowest BCUT2D eigenvalue weighted by molar-refractivity contribution is 0.768. The molecule has 2 unspecified atom stereocenters. The maximum Gasteiger partial charge on any atom is 0.0714 e. The normalized spacial score (nSPS) is 15.2. The van der Waals surface area contributed by atoms with Gasteiger partial charge in [-0.1, -0.05) is 292 Å². The molecule has 2 aliphatic rings. The number of hydrogen-bond acceptors (Lipinski definition) is 2. The molecular weight excluding hydrogens is 1060 g/mol. The van der Waals surface area contributed by atoms with Crippen LogP contribution in [0, 0.1) is 0 Å². The highest BCUT2D eigenvalue weighted by atomic mass is 15.1. The largest absolute Gasteiger partial charge is 0.310 e. The average Bonchev–Trinajstić information content (AvgIpc) is 2.12. The maximum absolute atomic E-state index is 4.10. The molecule has 0 aliphatic heterocycles. The van der Waals surface area contributed by atoms with Crippen molar-refractivity contribution < 1.29 is 0 Å². The van der Waals surface area contributed by atoms with E-state index in [0.29, 0.717) is 0 Å². The third kappa shape index (κ3) is 8.18. The number of rotatable bonds is 13. The third-order valence-electron chi connectivity index (χ3n) is 18.7. The van der Waals surface area contributed by atoms with Crippen molar-refractivity contribution in [1.82, 2.24) is 0 Å². The molecule has 0 radical (unpaired) electrons. The lowest BCUT2D eigenvalue weighted by Gasteiger charge is -2.35. The molecule has 0 fully saturated rings. The van der Waals surface area contributed by atoms with E-state index in [2.05, 4.69) is 351 Å². The topological polar surface area (TPSA) is 6.48 Å². The molecule has 14 aromatic carbocycles. The van der Waals surface area contributed by atoms with Crippen LogP contribution in [0.1, 0.15) is 55.6 Å². The van der Waals surface area contributed by atoms with Gasteiger partial charge >= 0.3 is 0 Å². The molecule has 0 heterocycles. The molecule has 14 aromatic rings. The smallest absolute Gasteiger partial charge is 0.0714 e. The van der Waals surface area contributed by atoms with Gasteiger partial charge in [0.05, 0.1) is 22.2 Å². The molecule has 0 saturated heterocycles. The highest BCUT2D eigenvalue weighted by Crippen LogP contribution is 2.59. The monoisotopic (exact) mass is 1120 g/mol. The molecular formula is C86H60N2. The summed E-state index contributed by atoms with van der Waals surface area (Å²) in [4.78, 5) is 4.91. The van der Waals surface area contributed by atoms with Crippen LogP contribution in [0.15, 0.2) is 341 Å². The number of anilines is 6. The van der Waals surface area contributed by atoms with E-state index in [1.54, 1.807) is 0 Å². The van der Waals surface area contributed by atoms with E-state index in [9.17, 15) is 0 Å². The Kier molecular flexibility index (Phi) is 12.7. The molecule has 88 heavy (non-hydrogen) atoms. The predicted molar refractivity (Wildman–Crippen MR) is 371 cm³/mol. The van der Waals surface area contributed by atoms with Crippen LogP contribution in [-0.4, -0.2) is 0 Å². The predicted octanol–water partition coefficient (Wildman–Crippen LogP) is 22.6. The Morgan fingerprint density at radius 2 is 0.580 bits per heavy atom. The molecule has 0 spiro atoms. The summed E-state index contributed by atoms with van der Waals surface area (Å²) in [6.07, 6.45) is 3.85. The summed E-state index contributed by atoms with van der Waals surface area (Å²) >= 11 is 0. The van der Waals surface area contributed by atoms with E-state index < -0.39 is 10.8 Å². The zero-order valence-corrected chi connectivity index (χ0v) is 48.6. The van der Waals surface area contributed by atoms with Crippen molar-refractivity contribution >= 4 is 67.8 Å². The second-order valence-corrected chi connectivity index (χ2v) is 23.2. The number of nitrogens with zero attached hydrogens (tertiary/aromatic N) is 2. The van der Waals surface area contributed by atoms with Gasteiger partial charge < -0.3 is 9.80 Å². The summed E-state index contributed by atoms with van der Waals surface area (Å²) < 4.78 is 0. The molecule has 0 amide bonds. The Morgan fingerprint density at radius 1 is 0.250 bits per heavy atom. The van der Waals surface area contributed by atoms with Crippen LogP contribution in [0.25, 0.3) is 67.1 Å². The van der Waals surface area contributed by atoms with Gasteiger partial charge in [0.1, 0.15) is 0 Å². The van der Waals surface area contributed by atoms with E-state index in [-0.39, 0.29) is 0 Å². The van der Waals surface area contributed by atoms with Crippen LogP contribution in [0.5, 0.6) is 0 Å².